The molecule has 6 heteroatoms. The molecule has 1 aliphatic heterocycles. The van der Waals surface area contributed by atoms with E-state index in [-0.39, 0.29) is 5.91 Å². The van der Waals surface area contributed by atoms with Crippen LogP contribution in [-0.4, -0.2) is 45.0 Å². The molecule has 0 spiro atoms. The van der Waals surface area contributed by atoms with E-state index in [1.54, 1.807) is 6.20 Å². The first-order chi connectivity index (χ1) is 10.7. The van der Waals surface area contributed by atoms with Gasteiger partial charge in [0.05, 0.1) is 24.3 Å². The van der Waals surface area contributed by atoms with Gasteiger partial charge in [0.15, 0.2) is 0 Å². The Labute approximate surface area is 130 Å². The lowest BCUT2D eigenvalue weighted by Gasteiger charge is -2.26. The minimum absolute atomic E-state index is 0.0782. The highest BCUT2D eigenvalue weighted by Crippen LogP contribution is 2.16. The molecule has 0 fully saturated rings. The molecule has 0 unspecified atom stereocenters. The van der Waals surface area contributed by atoms with Crippen molar-refractivity contribution < 1.29 is 4.79 Å². The monoisotopic (exact) mass is 299 g/mol. The van der Waals surface area contributed by atoms with Crippen molar-refractivity contribution in [1.29, 1.82) is 0 Å². The van der Waals surface area contributed by atoms with E-state index in [9.17, 15) is 4.79 Å². The Kier molecular flexibility index (Phi) is 4.48. The van der Waals surface area contributed by atoms with Crippen LogP contribution in [0.15, 0.2) is 30.9 Å². The Morgan fingerprint density at radius 2 is 2.36 bits per heavy atom. The number of carbonyl (C=O) groups is 1. The van der Waals surface area contributed by atoms with E-state index in [2.05, 4.69) is 20.2 Å². The van der Waals surface area contributed by atoms with Crippen LogP contribution < -0.4 is 5.32 Å². The molecule has 1 aliphatic rings. The van der Waals surface area contributed by atoms with Crippen molar-refractivity contribution in [2.75, 3.05) is 19.6 Å². The van der Waals surface area contributed by atoms with Crippen molar-refractivity contribution in [2.24, 2.45) is 7.05 Å². The van der Waals surface area contributed by atoms with Crippen molar-refractivity contribution in [3.63, 3.8) is 0 Å². The number of fused-ring (bicyclic) bond motifs is 1. The zero-order valence-corrected chi connectivity index (χ0v) is 12.8. The smallest absolute Gasteiger partial charge is 0.234 e. The molecule has 0 saturated carbocycles. The average molecular weight is 299 g/mol. The predicted molar refractivity (Wildman–Crippen MR) is 83.1 cm³/mol. The topological polar surface area (TPSA) is 63.1 Å². The molecule has 3 rings (SSSR count). The van der Waals surface area contributed by atoms with Gasteiger partial charge in [0.25, 0.3) is 0 Å². The molecular formula is C16H21N5O. The lowest BCUT2D eigenvalue weighted by Crippen LogP contribution is -2.40. The van der Waals surface area contributed by atoms with Gasteiger partial charge in [-0.1, -0.05) is 6.07 Å². The molecule has 0 bridgehead atoms. The van der Waals surface area contributed by atoms with Gasteiger partial charge in [0.2, 0.25) is 5.91 Å². The molecule has 0 saturated heterocycles. The normalized spacial score (nSPS) is 14.6. The highest BCUT2D eigenvalue weighted by Gasteiger charge is 2.21. The fourth-order valence-corrected chi connectivity index (χ4v) is 2.76. The van der Waals surface area contributed by atoms with Crippen LogP contribution in [0.2, 0.25) is 0 Å². The summed E-state index contributed by atoms with van der Waals surface area (Å²) in [6.45, 7) is 2.77. The number of rotatable bonds is 5. The third kappa shape index (κ3) is 3.51. The molecule has 0 aliphatic carbocycles. The van der Waals surface area contributed by atoms with Gasteiger partial charge in [-0.25, -0.2) is 4.98 Å². The fourth-order valence-electron chi connectivity index (χ4n) is 2.76. The lowest BCUT2D eigenvalue weighted by molar-refractivity contribution is -0.122. The highest BCUT2D eigenvalue weighted by atomic mass is 16.2. The number of aromatic nitrogens is 3. The maximum absolute atomic E-state index is 12.0. The number of imidazole rings is 1. The molecule has 6 nitrogen and oxygen atoms in total. The summed E-state index contributed by atoms with van der Waals surface area (Å²) in [5.41, 5.74) is 3.52. The van der Waals surface area contributed by atoms with E-state index in [1.165, 1.54) is 5.69 Å². The van der Waals surface area contributed by atoms with Gasteiger partial charge in [-0.05, 0) is 18.1 Å². The molecule has 1 amide bonds. The quantitative estimate of drug-likeness (QED) is 0.875. The summed E-state index contributed by atoms with van der Waals surface area (Å²) in [6.07, 6.45) is 7.17. The maximum Gasteiger partial charge on any atom is 0.234 e. The van der Waals surface area contributed by atoms with Crippen molar-refractivity contribution in [2.45, 2.75) is 19.4 Å². The third-order valence-electron chi connectivity index (χ3n) is 4.01. The van der Waals surface area contributed by atoms with Crippen molar-refractivity contribution >= 4 is 5.91 Å². The Balaban J connectivity index is 1.44. The van der Waals surface area contributed by atoms with Gasteiger partial charge >= 0.3 is 0 Å². The Bertz CT molecular complexity index is 637. The van der Waals surface area contributed by atoms with E-state index in [4.69, 9.17) is 0 Å². The summed E-state index contributed by atoms with van der Waals surface area (Å²) in [6, 6.07) is 3.93. The van der Waals surface area contributed by atoms with Crippen LogP contribution in [0, 0.1) is 0 Å². The predicted octanol–water partition coefficient (Wildman–Crippen LogP) is 0.532. The van der Waals surface area contributed by atoms with Crippen LogP contribution in [-0.2, 0) is 31.2 Å². The minimum Gasteiger partial charge on any atom is -0.355 e. The summed E-state index contributed by atoms with van der Waals surface area (Å²) in [5.74, 6) is 0.0782. The number of amides is 1. The number of aryl methyl sites for hydroxylation is 1. The number of carbonyl (C=O) groups excluding carboxylic acids is 1. The van der Waals surface area contributed by atoms with Crippen LogP contribution in [0.1, 0.15) is 17.0 Å². The van der Waals surface area contributed by atoms with E-state index in [0.717, 1.165) is 37.2 Å². The Morgan fingerprint density at radius 3 is 3.18 bits per heavy atom. The lowest BCUT2D eigenvalue weighted by atomic mass is 10.1. The summed E-state index contributed by atoms with van der Waals surface area (Å²) >= 11 is 0. The highest BCUT2D eigenvalue weighted by molar-refractivity contribution is 5.78. The largest absolute Gasteiger partial charge is 0.355 e. The van der Waals surface area contributed by atoms with Gasteiger partial charge in [0, 0.05) is 45.5 Å². The van der Waals surface area contributed by atoms with Crippen LogP contribution in [0.25, 0.3) is 0 Å². The van der Waals surface area contributed by atoms with Gasteiger partial charge in [0.1, 0.15) is 0 Å². The third-order valence-corrected chi connectivity index (χ3v) is 4.01. The second kappa shape index (κ2) is 6.70. The van der Waals surface area contributed by atoms with E-state index < -0.39 is 0 Å². The number of hydrogen-bond acceptors (Lipinski definition) is 4. The zero-order valence-electron chi connectivity index (χ0n) is 12.8. The molecule has 2 aromatic heterocycles. The standard InChI is InChI=1S/C16H21N5O/c1-20-12-19-14-5-8-21(10-15(14)20)11-16(22)18-7-4-13-3-2-6-17-9-13/h2-3,6,9,12H,4-5,7-8,10-11H2,1H3,(H,18,22). The van der Waals surface area contributed by atoms with Crippen LogP contribution in [0.3, 0.4) is 0 Å². The fraction of sp³-hybridized carbons (Fsp3) is 0.438. The minimum atomic E-state index is 0.0782. The molecule has 22 heavy (non-hydrogen) atoms. The molecule has 0 aromatic carbocycles. The molecule has 0 atom stereocenters. The number of hydrogen-bond donors (Lipinski definition) is 1. The number of pyridine rings is 1. The summed E-state index contributed by atoms with van der Waals surface area (Å²) < 4.78 is 2.04. The van der Waals surface area contributed by atoms with Crippen LogP contribution >= 0.6 is 0 Å². The molecule has 3 heterocycles. The molecular weight excluding hydrogens is 278 g/mol. The zero-order chi connectivity index (χ0) is 15.4. The first-order valence-corrected chi connectivity index (χ1v) is 7.59. The van der Waals surface area contributed by atoms with Crippen molar-refractivity contribution in [3.05, 3.63) is 47.8 Å². The SMILES string of the molecule is Cn1cnc2c1CN(CC(=O)NCCc1cccnc1)CC2. The first kappa shape index (κ1) is 14.7. The molecule has 116 valence electrons. The first-order valence-electron chi connectivity index (χ1n) is 7.59. The average Bonchev–Trinajstić information content (AvgIpc) is 2.89. The van der Waals surface area contributed by atoms with E-state index in [1.807, 2.05) is 36.3 Å². The summed E-state index contributed by atoms with van der Waals surface area (Å²) in [5, 5.41) is 2.98. The van der Waals surface area contributed by atoms with Crippen molar-refractivity contribution in [3.8, 4) is 0 Å². The van der Waals surface area contributed by atoms with E-state index in [0.29, 0.717) is 13.1 Å². The van der Waals surface area contributed by atoms with Gasteiger partial charge in [-0.2, -0.15) is 0 Å². The molecule has 0 radical (unpaired) electrons. The second-order valence-corrected chi connectivity index (χ2v) is 5.67. The van der Waals surface area contributed by atoms with Gasteiger partial charge in [-0.15, -0.1) is 0 Å². The number of nitrogens with zero attached hydrogens (tertiary/aromatic N) is 4. The second-order valence-electron chi connectivity index (χ2n) is 5.67. The summed E-state index contributed by atoms with van der Waals surface area (Å²) in [7, 11) is 2.00. The van der Waals surface area contributed by atoms with Crippen LogP contribution in [0.4, 0.5) is 0 Å². The van der Waals surface area contributed by atoms with Gasteiger partial charge < -0.3 is 9.88 Å². The van der Waals surface area contributed by atoms with Crippen molar-refractivity contribution in [1.82, 2.24) is 24.8 Å². The molecule has 1 N–H and O–H groups in total. The maximum atomic E-state index is 12.0. The number of nitrogens with one attached hydrogen (secondary N) is 1. The Morgan fingerprint density at radius 1 is 1.45 bits per heavy atom. The van der Waals surface area contributed by atoms with Gasteiger partial charge in [-0.3, -0.25) is 14.7 Å². The summed E-state index contributed by atoms with van der Waals surface area (Å²) in [4.78, 5) is 22.7. The Hall–Kier alpha value is -2.21. The molecule has 2 aromatic rings. The van der Waals surface area contributed by atoms with E-state index >= 15 is 0 Å². The van der Waals surface area contributed by atoms with Crippen LogP contribution in [0.5, 0.6) is 0 Å².